The molecule has 3 nitrogen and oxygen atoms in total. The van der Waals surface area contributed by atoms with Crippen LogP contribution in [-0.4, -0.2) is 11.1 Å². The first kappa shape index (κ1) is 10.6. The number of fused-ring (bicyclic) bond motifs is 1. The quantitative estimate of drug-likeness (QED) is 0.787. The number of aromatic nitrogens is 1. The van der Waals surface area contributed by atoms with E-state index in [4.69, 9.17) is 5.73 Å². The molecule has 1 aromatic carbocycles. The highest BCUT2D eigenvalue weighted by Crippen LogP contribution is 2.07. The van der Waals surface area contributed by atoms with Gasteiger partial charge in [-0.2, -0.15) is 0 Å². The molecule has 0 fully saturated rings. The zero-order chi connectivity index (χ0) is 11.4. The van der Waals surface area contributed by atoms with Crippen molar-refractivity contribution in [2.24, 2.45) is 5.73 Å². The summed E-state index contributed by atoms with van der Waals surface area (Å²) in [5.41, 5.74) is 5.39. The van der Waals surface area contributed by atoms with Crippen molar-refractivity contribution in [1.29, 1.82) is 0 Å². The number of rotatable bonds is 3. The van der Waals surface area contributed by atoms with E-state index in [1.807, 2.05) is 48.7 Å². The van der Waals surface area contributed by atoms with E-state index in [2.05, 4.69) is 0 Å². The van der Waals surface area contributed by atoms with Gasteiger partial charge in [0.25, 0.3) is 5.56 Å². The van der Waals surface area contributed by atoms with Crippen molar-refractivity contribution in [3.05, 3.63) is 59.0 Å². The molecule has 0 bridgehead atoms. The molecule has 2 aromatic rings. The van der Waals surface area contributed by atoms with Crippen molar-refractivity contribution in [2.45, 2.75) is 6.54 Å². The van der Waals surface area contributed by atoms with Crippen molar-refractivity contribution < 1.29 is 0 Å². The lowest BCUT2D eigenvalue weighted by molar-refractivity contribution is 0.786. The molecule has 0 aliphatic carbocycles. The molecule has 0 unspecified atom stereocenters. The highest BCUT2D eigenvalue weighted by atomic mass is 16.1. The van der Waals surface area contributed by atoms with Gasteiger partial charge in [-0.1, -0.05) is 30.4 Å². The zero-order valence-electron chi connectivity index (χ0n) is 8.97. The van der Waals surface area contributed by atoms with Crippen LogP contribution in [0.2, 0.25) is 0 Å². The van der Waals surface area contributed by atoms with Crippen LogP contribution >= 0.6 is 0 Å². The number of pyridine rings is 1. The Labute approximate surface area is 93.8 Å². The maximum absolute atomic E-state index is 12.0. The molecular weight excluding hydrogens is 200 g/mol. The first-order valence-corrected chi connectivity index (χ1v) is 5.26. The third kappa shape index (κ3) is 2.04. The second-order valence-corrected chi connectivity index (χ2v) is 3.57. The summed E-state index contributed by atoms with van der Waals surface area (Å²) in [7, 11) is 0. The van der Waals surface area contributed by atoms with E-state index in [1.54, 1.807) is 4.57 Å². The van der Waals surface area contributed by atoms with Crippen molar-refractivity contribution in [2.75, 3.05) is 6.54 Å². The lowest BCUT2D eigenvalue weighted by Crippen LogP contribution is -2.18. The first-order valence-electron chi connectivity index (χ1n) is 5.26. The lowest BCUT2D eigenvalue weighted by Gasteiger charge is -2.03. The van der Waals surface area contributed by atoms with Crippen molar-refractivity contribution >= 4 is 10.8 Å². The summed E-state index contributed by atoms with van der Waals surface area (Å²) in [6.07, 6.45) is 5.56. The molecule has 1 aromatic heterocycles. The van der Waals surface area contributed by atoms with Crippen LogP contribution in [0.4, 0.5) is 0 Å². The van der Waals surface area contributed by atoms with Gasteiger partial charge in [0, 0.05) is 24.7 Å². The Balaban J connectivity index is 2.45. The van der Waals surface area contributed by atoms with Crippen LogP contribution in [0, 0.1) is 0 Å². The molecule has 2 rings (SSSR count). The van der Waals surface area contributed by atoms with Gasteiger partial charge in [-0.3, -0.25) is 4.79 Å². The second kappa shape index (κ2) is 4.77. The topological polar surface area (TPSA) is 48.0 Å². The Bertz CT molecular complexity index is 569. The van der Waals surface area contributed by atoms with Crippen LogP contribution in [0.15, 0.2) is 53.5 Å². The molecule has 0 radical (unpaired) electrons. The fraction of sp³-hybridized carbons (Fsp3) is 0.154. The number of hydrogen-bond acceptors (Lipinski definition) is 2. The molecule has 0 amide bonds. The molecule has 0 saturated carbocycles. The minimum atomic E-state index is 0.0415. The largest absolute Gasteiger partial charge is 0.327 e. The van der Waals surface area contributed by atoms with Crippen molar-refractivity contribution in [3.63, 3.8) is 0 Å². The van der Waals surface area contributed by atoms with Gasteiger partial charge >= 0.3 is 0 Å². The van der Waals surface area contributed by atoms with E-state index in [0.29, 0.717) is 13.1 Å². The van der Waals surface area contributed by atoms with Gasteiger partial charge in [0.15, 0.2) is 0 Å². The van der Waals surface area contributed by atoms with Gasteiger partial charge in [-0.05, 0) is 17.5 Å². The number of nitrogens with zero attached hydrogens (tertiary/aromatic N) is 1. The molecule has 16 heavy (non-hydrogen) atoms. The molecule has 0 atom stereocenters. The average Bonchev–Trinajstić information content (AvgIpc) is 2.33. The van der Waals surface area contributed by atoms with Gasteiger partial charge in [0.2, 0.25) is 0 Å². The van der Waals surface area contributed by atoms with Crippen LogP contribution in [-0.2, 0) is 6.54 Å². The van der Waals surface area contributed by atoms with Crippen LogP contribution in [0.25, 0.3) is 10.8 Å². The standard InChI is InChI=1S/C13H14N2O/c14-8-3-4-9-15-10-7-11-5-1-2-6-12(11)13(15)16/h1-7,10H,8-9,14H2/b4-3+. The molecule has 3 heteroatoms. The second-order valence-electron chi connectivity index (χ2n) is 3.57. The van der Waals surface area contributed by atoms with Crippen molar-refractivity contribution in [1.82, 2.24) is 4.57 Å². The number of allylic oxidation sites excluding steroid dienone is 1. The molecule has 82 valence electrons. The monoisotopic (exact) mass is 214 g/mol. The summed E-state index contributed by atoms with van der Waals surface area (Å²) in [4.78, 5) is 12.0. The van der Waals surface area contributed by atoms with Gasteiger partial charge in [0.1, 0.15) is 0 Å². The summed E-state index contributed by atoms with van der Waals surface area (Å²) >= 11 is 0. The summed E-state index contributed by atoms with van der Waals surface area (Å²) < 4.78 is 1.68. The number of benzene rings is 1. The maximum Gasteiger partial charge on any atom is 0.258 e. The molecular formula is C13H14N2O. The maximum atomic E-state index is 12.0. The lowest BCUT2D eigenvalue weighted by atomic mass is 10.2. The molecule has 1 heterocycles. The predicted molar refractivity (Wildman–Crippen MR) is 66.4 cm³/mol. The molecule has 2 N–H and O–H groups in total. The summed E-state index contributed by atoms with van der Waals surface area (Å²) in [6.45, 7) is 1.07. The Kier molecular flexibility index (Phi) is 3.17. The summed E-state index contributed by atoms with van der Waals surface area (Å²) in [5, 5.41) is 1.73. The Hall–Kier alpha value is -1.87. The van der Waals surface area contributed by atoms with Gasteiger partial charge < -0.3 is 10.3 Å². The predicted octanol–water partition coefficient (Wildman–Crippen LogP) is 1.52. The fourth-order valence-electron chi connectivity index (χ4n) is 1.66. The Morgan fingerprint density at radius 1 is 1.19 bits per heavy atom. The van der Waals surface area contributed by atoms with E-state index in [-0.39, 0.29) is 5.56 Å². The summed E-state index contributed by atoms with van der Waals surface area (Å²) in [5.74, 6) is 0. The SMILES string of the molecule is NC/C=C/Cn1ccc2ccccc2c1=O. The van der Waals surface area contributed by atoms with Crippen LogP contribution < -0.4 is 11.3 Å². The highest BCUT2D eigenvalue weighted by molar-refractivity contribution is 5.81. The van der Waals surface area contributed by atoms with E-state index >= 15 is 0 Å². The van der Waals surface area contributed by atoms with Gasteiger partial charge in [-0.25, -0.2) is 0 Å². The van der Waals surface area contributed by atoms with Crippen LogP contribution in [0.1, 0.15) is 0 Å². The molecule has 0 spiro atoms. The minimum absolute atomic E-state index is 0.0415. The zero-order valence-corrected chi connectivity index (χ0v) is 8.97. The highest BCUT2D eigenvalue weighted by Gasteiger charge is 1.99. The van der Waals surface area contributed by atoms with Gasteiger partial charge in [-0.15, -0.1) is 0 Å². The Morgan fingerprint density at radius 3 is 2.81 bits per heavy atom. The molecule has 0 saturated heterocycles. The Morgan fingerprint density at radius 2 is 2.00 bits per heavy atom. The number of hydrogen-bond donors (Lipinski definition) is 1. The van der Waals surface area contributed by atoms with E-state index < -0.39 is 0 Å². The summed E-state index contributed by atoms with van der Waals surface area (Å²) in [6, 6.07) is 9.55. The van der Waals surface area contributed by atoms with E-state index in [9.17, 15) is 4.79 Å². The number of nitrogens with two attached hydrogens (primary N) is 1. The normalized spacial score (nSPS) is 11.3. The van der Waals surface area contributed by atoms with E-state index in [1.165, 1.54) is 0 Å². The first-order chi connectivity index (χ1) is 7.83. The van der Waals surface area contributed by atoms with Gasteiger partial charge in [0.05, 0.1) is 0 Å². The van der Waals surface area contributed by atoms with E-state index in [0.717, 1.165) is 10.8 Å². The average molecular weight is 214 g/mol. The third-order valence-electron chi connectivity index (χ3n) is 2.49. The third-order valence-corrected chi connectivity index (χ3v) is 2.49. The smallest absolute Gasteiger partial charge is 0.258 e. The minimum Gasteiger partial charge on any atom is -0.327 e. The van der Waals surface area contributed by atoms with Crippen molar-refractivity contribution in [3.8, 4) is 0 Å². The van der Waals surface area contributed by atoms with Crippen LogP contribution in [0.3, 0.4) is 0 Å². The van der Waals surface area contributed by atoms with Crippen LogP contribution in [0.5, 0.6) is 0 Å². The molecule has 0 aliphatic rings. The fourth-order valence-corrected chi connectivity index (χ4v) is 1.66. The molecule has 0 aliphatic heterocycles.